The second kappa shape index (κ2) is 7.11. The first kappa shape index (κ1) is 18.1. The molecule has 1 aromatic rings. The van der Waals surface area contributed by atoms with Gasteiger partial charge in [0.15, 0.2) is 11.5 Å². The molecule has 0 spiro atoms. The van der Waals surface area contributed by atoms with Crippen LogP contribution >= 0.6 is 0 Å². The van der Waals surface area contributed by atoms with Crippen LogP contribution in [-0.4, -0.2) is 37.2 Å². The SMILES string of the molecule is COC(=O)C(C)CN(Cc1ccc2c(c1)OCO2)C(=O)C(C)(C)C. The van der Waals surface area contributed by atoms with Crippen molar-refractivity contribution in [3.63, 3.8) is 0 Å². The first-order valence-electron chi connectivity index (χ1n) is 7.98. The molecular formula is C18H25NO5. The van der Waals surface area contributed by atoms with Crippen LogP contribution in [-0.2, 0) is 20.9 Å². The first-order valence-corrected chi connectivity index (χ1v) is 7.98. The van der Waals surface area contributed by atoms with Crippen LogP contribution < -0.4 is 9.47 Å². The number of ether oxygens (including phenoxy) is 3. The summed E-state index contributed by atoms with van der Waals surface area (Å²) < 4.78 is 15.5. The third-order valence-electron chi connectivity index (χ3n) is 3.84. The van der Waals surface area contributed by atoms with E-state index in [2.05, 4.69) is 0 Å². The van der Waals surface area contributed by atoms with Crippen LogP contribution in [0.25, 0.3) is 0 Å². The van der Waals surface area contributed by atoms with Crippen molar-refractivity contribution in [1.82, 2.24) is 4.90 Å². The highest BCUT2D eigenvalue weighted by molar-refractivity contribution is 5.82. The van der Waals surface area contributed by atoms with Gasteiger partial charge in [0.05, 0.1) is 13.0 Å². The molecule has 2 rings (SSSR count). The van der Waals surface area contributed by atoms with E-state index in [9.17, 15) is 9.59 Å². The van der Waals surface area contributed by atoms with Gasteiger partial charge in [-0.25, -0.2) is 0 Å². The lowest BCUT2D eigenvalue weighted by molar-refractivity contribution is -0.148. The summed E-state index contributed by atoms with van der Waals surface area (Å²) in [6, 6.07) is 5.61. The molecule has 0 saturated heterocycles. The van der Waals surface area contributed by atoms with Crippen LogP contribution in [0.5, 0.6) is 11.5 Å². The second-order valence-electron chi connectivity index (χ2n) is 7.05. The van der Waals surface area contributed by atoms with E-state index >= 15 is 0 Å². The summed E-state index contributed by atoms with van der Waals surface area (Å²) in [5.41, 5.74) is 0.389. The lowest BCUT2D eigenvalue weighted by Crippen LogP contribution is -2.42. The lowest BCUT2D eigenvalue weighted by atomic mass is 9.93. The van der Waals surface area contributed by atoms with Gasteiger partial charge in [0.1, 0.15) is 0 Å². The number of carbonyl (C=O) groups is 2. The van der Waals surface area contributed by atoms with Gasteiger partial charge in [-0.05, 0) is 17.7 Å². The van der Waals surface area contributed by atoms with E-state index in [0.29, 0.717) is 24.6 Å². The smallest absolute Gasteiger partial charge is 0.310 e. The van der Waals surface area contributed by atoms with Crippen molar-refractivity contribution >= 4 is 11.9 Å². The van der Waals surface area contributed by atoms with E-state index in [0.717, 1.165) is 5.56 Å². The number of methoxy groups -OCH3 is 1. The predicted octanol–water partition coefficient (Wildman–Crippen LogP) is 2.60. The van der Waals surface area contributed by atoms with Gasteiger partial charge in [-0.15, -0.1) is 0 Å². The molecule has 132 valence electrons. The standard InChI is InChI=1S/C18H25NO5/c1-12(16(20)22-5)9-19(17(21)18(2,3)4)10-13-6-7-14-15(8-13)24-11-23-14/h6-8,12H,9-11H2,1-5H3. The molecule has 0 fully saturated rings. The summed E-state index contributed by atoms with van der Waals surface area (Å²) in [7, 11) is 1.35. The van der Waals surface area contributed by atoms with Crippen LogP contribution in [0, 0.1) is 11.3 Å². The summed E-state index contributed by atoms with van der Waals surface area (Å²) in [6.07, 6.45) is 0. The van der Waals surface area contributed by atoms with Crippen LogP contribution in [0.15, 0.2) is 18.2 Å². The Morgan fingerprint density at radius 3 is 2.54 bits per heavy atom. The Morgan fingerprint density at radius 2 is 1.92 bits per heavy atom. The Labute approximate surface area is 142 Å². The monoisotopic (exact) mass is 335 g/mol. The van der Waals surface area contributed by atoms with Gasteiger partial charge in [0, 0.05) is 18.5 Å². The number of amides is 1. The molecule has 0 aromatic heterocycles. The van der Waals surface area contributed by atoms with Crippen molar-refractivity contribution in [3.05, 3.63) is 23.8 Å². The molecule has 0 aliphatic carbocycles. The maximum Gasteiger partial charge on any atom is 0.310 e. The molecule has 0 radical (unpaired) electrons. The minimum atomic E-state index is -0.536. The predicted molar refractivity (Wildman–Crippen MR) is 88.6 cm³/mol. The molecule has 1 amide bonds. The van der Waals surface area contributed by atoms with Crippen molar-refractivity contribution in [2.45, 2.75) is 34.2 Å². The average Bonchev–Trinajstić information content (AvgIpc) is 2.99. The van der Waals surface area contributed by atoms with E-state index in [1.54, 1.807) is 11.8 Å². The zero-order valence-electron chi connectivity index (χ0n) is 14.9. The molecule has 1 aliphatic rings. The molecule has 6 nitrogen and oxygen atoms in total. The molecule has 1 aromatic carbocycles. The van der Waals surface area contributed by atoms with Gasteiger partial charge in [-0.2, -0.15) is 0 Å². The highest BCUT2D eigenvalue weighted by Gasteiger charge is 2.30. The fraction of sp³-hybridized carbons (Fsp3) is 0.556. The fourth-order valence-electron chi connectivity index (χ4n) is 2.56. The molecule has 24 heavy (non-hydrogen) atoms. The molecule has 0 saturated carbocycles. The number of rotatable bonds is 5. The van der Waals surface area contributed by atoms with E-state index in [-0.39, 0.29) is 18.7 Å². The normalized spacial score (nSPS) is 14.2. The second-order valence-corrected chi connectivity index (χ2v) is 7.05. The molecule has 1 heterocycles. The van der Waals surface area contributed by atoms with E-state index < -0.39 is 11.3 Å². The van der Waals surface area contributed by atoms with Crippen LogP contribution in [0.3, 0.4) is 0 Å². The van der Waals surface area contributed by atoms with Crippen molar-refractivity contribution < 1.29 is 23.8 Å². The van der Waals surface area contributed by atoms with Crippen LogP contribution in [0.4, 0.5) is 0 Å². The number of nitrogens with zero attached hydrogens (tertiary/aromatic N) is 1. The molecular weight excluding hydrogens is 310 g/mol. The topological polar surface area (TPSA) is 65.1 Å². The van der Waals surface area contributed by atoms with E-state index in [1.807, 2.05) is 39.0 Å². The Bertz CT molecular complexity index is 620. The summed E-state index contributed by atoms with van der Waals surface area (Å²) in [6.45, 7) is 8.27. The third-order valence-corrected chi connectivity index (χ3v) is 3.84. The number of hydrogen-bond acceptors (Lipinski definition) is 5. The first-order chi connectivity index (χ1) is 11.2. The summed E-state index contributed by atoms with van der Waals surface area (Å²) in [5, 5.41) is 0. The number of esters is 1. The summed E-state index contributed by atoms with van der Waals surface area (Å²) in [5.74, 6) is 0.644. The van der Waals surface area contributed by atoms with Gasteiger partial charge >= 0.3 is 5.97 Å². The maximum absolute atomic E-state index is 12.8. The fourth-order valence-corrected chi connectivity index (χ4v) is 2.56. The minimum Gasteiger partial charge on any atom is -0.469 e. The van der Waals surface area contributed by atoms with E-state index in [1.165, 1.54) is 7.11 Å². The van der Waals surface area contributed by atoms with Gasteiger partial charge in [0.25, 0.3) is 0 Å². The molecule has 0 bridgehead atoms. The van der Waals surface area contributed by atoms with Crippen LogP contribution in [0.2, 0.25) is 0 Å². The maximum atomic E-state index is 12.8. The molecule has 1 aliphatic heterocycles. The van der Waals surface area contributed by atoms with Crippen molar-refractivity contribution in [2.75, 3.05) is 20.4 Å². The van der Waals surface area contributed by atoms with E-state index in [4.69, 9.17) is 14.2 Å². The third kappa shape index (κ3) is 4.19. The largest absolute Gasteiger partial charge is 0.469 e. The Morgan fingerprint density at radius 1 is 1.25 bits per heavy atom. The number of fused-ring (bicyclic) bond motifs is 1. The zero-order valence-corrected chi connectivity index (χ0v) is 14.9. The molecule has 1 atom stereocenters. The minimum absolute atomic E-state index is 0.0177. The molecule has 0 N–H and O–H groups in total. The number of benzene rings is 1. The molecule has 6 heteroatoms. The number of hydrogen-bond donors (Lipinski definition) is 0. The van der Waals surface area contributed by atoms with Gasteiger partial charge in [0.2, 0.25) is 12.7 Å². The summed E-state index contributed by atoms with van der Waals surface area (Å²) in [4.78, 5) is 26.2. The lowest BCUT2D eigenvalue weighted by Gasteiger charge is -2.31. The zero-order chi connectivity index (χ0) is 17.9. The molecule has 1 unspecified atom stereocenters. The van der Waals surface area contributed by atoms with Gasteiger partial charge in [-0.1, -0.05) is 33.8 Å². The van der Waals surface area contributed by atoms with Crippen molar-refractivity contribution in [1.29, 1.82) is 0 Å². The average molecular weight is 335 g/mol. The summed E-state index contributed by atoms with van der Waals surface area (Å²) >= 11 is 0. The van der Waals surface area contributed by atoms with Crippen molar-refractivity contribution in [2.24, 2.45) is 11.3 Å². The quantitative estimate of drug-likeness (QED) is 0.774. The van der Waals surface area contributed by atoms with Gasteiger partial charge < -0.3 is 19.1 Å². The highest BCUT2D eigenvalue weighted by Crippen LogP contribution is 2.33. The Balaban J connectivity index is 2.19. The van der Waals surface area contributed by atoms with Crippen LogP contribution in [0.1, 0.15) is 33.3 Å². The van der Waals surface area contributed by atoms with Crippen molar-refractivity contribution in [3.8, 4) is 11.5 Å². The highest BCUT2D eigenvalue weighted by atomic mass is 16.7. The van der Waals surface area contributed by atoms with Gasteiger partial charge in [-0.3, -0.25) is 9.59 Å². The Hall–Kier alpha value is -2.24. The Kier molecular flexibility index (Phi) is 5.36. The number of carbonyl (C=O) groups excluding carboxylic acids is 2.